The van der Waals surface area contributed by atoms with Crippen molar-refractivity contribution in [1.82, 2.24) is 0 Å². The zero-order valence-corrected chi connectivity index (χ0v) is 11.0. The van der Waals surface area contributed by atoms with Crippen LogP contribution in [0.3, 0.4) is 0 Å². The zero-order chi connectivity index (χ0) is 14.8. The average molecular weight is 290 g/mol. The van der Waals surface area contributed by atoms with Gasteiger partial charge in [0.2, 0.25) is 0 Å². The van der Waals surface area contributed by atoms with Crippen molar-refractivity contribution in [1.29, 1.82) is 0 Å². The highest BCUT2D eigenvalue weighted by Gasteiger charge is 2.45. The lowest BCUT2D eigenvalue weighted by Crippen LogP contribution is -2.49. The molecule has 2 rings (SSSR count). The van der Waals surface area contributed by atoms with E-state index in [1.165, 1.54) is 12.1 Å². The molecule has 1 aliphatic carbocycles. The molecule has 2 nitrogen and oxygen atoms in total. The second kappa shape index (κ2) is 5.60. The molecule has 3 N–H and O–H groups in total. The van der Waals surface area contributed by atoms with E-state index in [1.807, 2.05) is 0 Å². The van der Waals surface area contributed by atoms with Crippen LogP contribution in [0.25, 0.3) is 0 Å². The Morgan fingerprint density at radius 3 is 2.40 bits per heavy atom. The Kier molecular flexibility index (Phi) is 4.22. The highest BCUT2D eigenvalue weighted by molar-refractivity contribution is 5.46. The molecule has 0 aliphatic heterocycles. The predicted octanol–water partition coefficient (Wildman–Crippen LogP) is 3.69. The molecule has 0 saturated heterocycles. The van der Waals surface area contributed by atoms with Crippen LogP contribution in [0.2, 0.25) is 0 Å². The third-order valence-electron chi connectivity index (χ3n) is 4.03. The minimum atomic E-state index is -4.14. The number of hydrogen-bond acceptors (Lipinski definition) is 2. The summed E-state index contributed by atoms with van der Waals surface area (Å²) in [7, 11) is 0. The number of nitrogens with one attached hydrogen (secondary N) is 1. The Morgan fingerprint density at radius 2 is 1.90 bits per heavy atom. The average Bonchev–Trinajstić information content (AvgIpc) is 2.38. The number of halogens is 4. The zero-order valence-electron chi connectivity index (χ0n) is 11.0. The summed E-state index contributed by atoms with van der Waals surface area (Å²) in [6.45, 7) is 0.230. The van der Waals surface area contributed by atoms with Crippen LogP contribution >= 0.6 is 0 Å². The van der Waals surface area contributed by atoms with Crippen molar-refractivity contribution in [3.05, 3.63) is 30.1 Å². The Balaban J connectivity index is 2.05. The van der Waals surface area contributed by atoms with Gasteiger partial charge in [-0.05, 0) is 43.9 Å². The number of anilines is 1. The topological polar surface area (TPSA) is 38.0 Å². The van der Waals surface area contributed by atoms with Gasteiger partial charge in [-0.1, -0.05) is 6.07 Å². The van der Waals surface area contributed by atoms with Gasteiger partial charge in [-0.25, -0.2) is 4.39 Å². The van der Waals surface area contributed by atoms with Crippen molar-refractivity contribution >= 4 is 5.69 Å². The first-order chi connectivity index (χ1) is 9.35. The first-order valence-electron chi connectivity index (χ1n) is 6.65. The number of nitrogens with two attached hydrogens (primary N) is 1. The number of benzene rings is 1. The van der Waals surface area contributed by atoms with Gasteiger partial charge in [0.1, 0.15) is 5.82 Å². The van der Waals surface area contributed by atoms with Crippen molar-refractivity contribution in [2.75, 3.05) is 11.9 Å². The van der Waals surface area contributed by atoms with E-state index in [1.54, 1.807) is 12.1 Å². The largest absolute Gasteiger partial charge is 0.391 e. The fourth-order valence-electron chi connectivity index (χ4n) is 2.75. The minimum Gasteiger partial charge on any atom is -0.378 e. The van der Waals surface area contributed by atoms with E-state index >= 15 is 0 Å². The maximum atomic E-state index is 13.1. The lowest BCUT2D eigenvalue weighted by Gasteiger charge is -2.41. The van der Waals surface area contributed by atoms with Crippen molar-refractivity contribution in [2.24, 2.45) is 11.7 Å². The van der Waals surface area contributed by atoms with Gasteiger partial charge in [-0.3, -0.25) is 0 Å². The maximum absolute atomic E-state index is 13.1. The summed E-state index contributed by atoms with van der Waals surface area (Å²) in [4.78, 5) is 0. The summed E-state index contributed by atoms with van der Waals surface area (Å²) in [6, 6.07) is 5.90. The van der Waals surface area contributed by atoms with Gasteiger partial charge in [0.05, 0.1) is 5.92 Å². The Morgan fingerprint density at radius 1 is 1.25 bits per heavy atom. The molecule has 0 spiro atoms. The second-order valence-electron chi connectivity index (χ2n) is 5.44. The quantitative estimate of drug-likeness (QED) is 0.833. The highest BCUT2D eigenvalue weighted by Crippen LogP contribution is 2.42. The van der Waals surface area contributed by atoms with E-state index < -0.39 is 17.6 Å². The third kappa shape index (κ3) is 3.42. The van der Waals surface area contributed by atoms with Crippen molar-refractivity contribution in [2.45, 2.75) is 37.4 Å². The van der Waals surface area contributed by atoms with Crippen LogP contribution in [0.4, 0.5) is 23.2 Å². The fourth-order valence-corrected chi connectivity index (χ4v) is 2.75. The first kappa shape index (κ1) is 15.1. The monoisotopic (exact) mass is 290 g/mol. The standard InChI is InChI=1S/C14H18F4N2/c15-11-2-1-3-12(8-11)20-13(9-19)6-4-10(5-7-13)14(16,17)18/h1-3,8,10,20H,4-7,9,19H2. The molecule has 0 atom stereocenters. The van der Waals surface area contributed by atoms with Gasteiger partial charge in [0, 0.05) is 17.8 Å². The maximum Gasteiger partial charge on any atom is 0.391 e. The van der Waals surface area contributed by atoms with Crippen molar-refractivity contribution in [3.63, 3.8) is 0 Å². The summed E-state index contributed by atoms with van der Waals surface area (Å²) in [5, 5.41) is 3.12. The van der Waals surface area contributed by atoms with Crippen LogP contribution in [0.5, 0.6) is 0 Å². The summed E-state index contributed by atoms with van der Waals surface area (Å²) >= 11 is 0. The number of hydrogen-bond donors (Lipinski definition) is 2. The van der Waals surface area contributed by atoms with Crippen molar-refractivity contribution in [3.8, 4) is 0 Å². The molecule has 6 heteroatoms. The van der Waals surface area contributed by atoms with Gasteiger partial charge in [-0.15, -0.1) is 0 Å². The molecule has 0 unspecified atom stereocenters. The lowest BCUT2D eigenvalue weighted by molar-refractivity contribution is -0.183. The third-order valence-corrected chi connectivity index (χ3v) is 4.03. The minimum absolute atomic E-state index is 0.0585. The van der Waals surface area contributed by atoms with Gasteiger partial charge in [0.15, 0.2) is 0 Å². The molecule has 0 bridgehead atoms. The Labute approximate surface area is 115 Å². The van der Waals surface area contributed by atoms with E-state index in [4.69, 9.17) is 5.73 Å². The van der Waals surface area contributed by atoms with Crippen LogP contribution in [-0.4, -0.2) is 18.3 Å². The van der Waals surface area contributed by atoms with E-state index in [9.17, 15) is 17.6 Å². The molecule has 1 aliphatic rings. The Hall–Kier alpha value is -1.30. The molecular formula is C14H18F4N2. The Bertz CT molecular complexity index is 451. The summed E-state index contributed by atoms with van der Waals surface area (Å²) in [5.74, 6) is -1.64. The second-order valence-corrected chi connectivity index (χ2v) is 5.44. The summed E-state index contributed by atoms with van der Waals surface area (Å²) < 4.78 is 51.2. The SMILES string of the molecule is NCC1(Nc2cccc(F)c2)CCC(C(F)(F)F)CC1. The normalized spacial score (nSPS) is 27.4. The molecule has 1 aromatic carbocycles. The highest BCUT2D eigenvalue weighted by atomic mass is 19.4. The number of alkyl halides is 3. The van der Waals surface area contributed by atoms with Gasteiger partial charge in [0.25, 0.3) is 0 Å². The van der Waals surface area contributed by atoms with Crippen LogP contribution in [0.15, 0.2) is 24.3 Å². The van der Waals surface area contributed by atoms with E-state index in [0.29, 0.717) is 18.5 Å². The first-order valence-corrected chi connectivity index (χ1v) is 6.65. The van der Waals surface area contributed by atoms with Crippen LogP contribution in [0, 0.1) is 11.7 Å². The molecule has 0 heterocycles. The fraction of sp³-hybridized carbons (Fsp3) is 0.571. The van der Waals surface area contributed by atoms with Crippen LogP contribution in [-0.2, 0) is 0 Å². The van der Waals surface area contributed by atoms with Crippen LogP contribution in [0.1, 0.15) is 25.7 Å². The molecule has 1 saturated carbocycles. The summed E-state index contributed by atoms with van der Waals surface area (Å²) in [6.07, 6.45) is -3.35. The summed E-state index contributed by atoms with van der Waals surface area (Å²) in [5.41, 5.74) is 5.72. The van der Waals surface area contributed by atoms with Gasteiger partial charge < -0.3 is 11.1 Å². The smallest absolute Gasteiger partial charge is 0.378 e. The van der Waals surface area contributed by atoms with Gasteiger partial charge >= 0.3 is 6.18 Å². The van der Waals surface area contributed by atoms with E-state index in [0.717, 1.165) is 0 Å². The molecule has 1 aromatic rings. The molecule has 0 aromatic heterocycles. The molecule has 0 amide bonds. The predicted molar refractivity (Wildman–Crippen MR) is 69.8 cm³/mol. The van der Waals surface area contributed by atoms with E-state index in [-0.39, 0.29) is 25.2 Å². The molecular weight excluding hydrogens is 272 g/mol. The molecule has 20 heavy (non-hydrogen) atoms. The van der Waals surface area contributed by atoms with Crippen LogP contribution < -0.4 is 11.1 Å². The molecule has 0 radical (unpaired) electrons. The number of rotatable bonds is 3. The van der Waals surface area contributed by atoms with E-state index in [2.05, 4.69) is 5.32 Å². The van der Waals surface area contributed by atoms with Gasteiger partial charge in [-0.2, -0.15) is 13.2 Å². The lowest BCUT2D eigenvalue weighted by atomic mass is 9.76. The van der Waals surface area contributed by atoms with Crippen molar-refractivity contribution < 1.29 is 17.6 Å². The molecule has 1 fully saturated rings. The molecule has 112 valence electrons.